The van der Waals surface area contributed by atoms with Crippen LogP contribution in [0.3, 0.4) is 0 Å². The first-order chi connectivity index (χ1) is 9.00. The maximum atomic E-state index is 12.2. The number of allylic oxidation sites excluding steroid dienone is 1. The zero-order chi connectivity index (χ0) is 13.7. The van der Waals surface area contributed by atoms with E-state index in [1.165, 1.54) is 17.6 Å². The van der Waals surface area contributed by atoms with E-state index in [9.17, 15) is 19.7 Å². The van der Waals surface area contributed by atoms with Crippen LogP contribution >= 0.6 is 0 Å². The van der Waals surface area contributed by atoms with E-state index in [1.54, 1.807) is 18.2 Å². The summed E-state index contributed by atoms with van der Waals surface area (Å²) in [6.45, 7) is 1.16. The van der Waals surface area contributed by atoms with Crippen LogP contribution in [0.15, 0.2) is 28.7 Å². The van der Waals surface area contributed by atoms with Crippen molar-refractivity contribution >= 4 is 23.0 Å². The van der Waals surface area contributed by atoms with Gasteiger partial charge in [-0.15, -0.1) is 0 Å². The van der Waals surface area contributed by atoms with E-state index < -0.39 is 16.5 Å². The van der Waals surface area contributed by atoms with Gasteiger partial charge in [0.05, 0.1) is 16.0 Å². The van der Waals surface area contributed by atoms with Gasteiger partial charge in [0, 0.05) is 18.6 Å². The van der Waals surface area contributed by atoms with Crippen molar-refractivity contribution in [2.75, 3.05) is 0 Å². The summed E-state index contributed by atoms with van der Waals surface area (Å²) in [5, 5.41) is 10.9. The summed E-state index contributed by atoms with van der Waals surface area (Å²) in [6.07, 6.45) is 1.44. The molecule has 0 atom stereocenters. The fourth-order valence-corrected chi connectivity index (χ4v) is 2.41. The number of carbonyl (C=O) groups is 1. The minimum atomic E-state index is -0.539. The first kappa shape index (κ1) is 11.4. The Morgan fingerprint density at radius 2 is 2.16 bits per heavy atom. The number of nitrogens with zero attached hydrogens (tertiary/aromatic N) is 3. The van der Waals surface area contributed by atoms with Crippen LogP contribution in [0.1, 0.15) is 17.3 Å². The van der Waals surface area contributed by atoms with E-state index in [1.807, 2.05) is 0 Å². The number of imidazole rings is 1. The average molecular weight is 259 g/mol. The molecule has 0 amide bonds. The third kappa shape index (κ3) is 1.44. The minimum Gasteiger partial charge on any atom is -0.280 e. The number of benzene rings is 1. The van der Waals surface area contributed by atoms with Gasteiger partial charge in [-0.1, -0.05) is 12.1 Å². The summed E-state index contributed by atoms with van der Waals surface area (Å²) in [5.41, 5.74) is 1.01. The molecule has 0 radical (unpaired) electrons. The Labute approximate surface area is 106 Å². The molecule has 19 heavy (non-hydrogen) atoms. The number of aromatic nitrogens is 2. The summed E-state index contributed by atoms with van der Waals surface area (Å²) >= 11 is 0. The summed E-state index contributed by atoms with van der Waals surface area (Å²) in [7, 11) is 0. The van der Waals surface area contributed by atoms with E-state index in [0.717, 1.165) is 4.57 Å². The molecule has 0 unspecified atom stereocenters. The maximum absolute atomic E-state index is 12.2. The number of nitro groups is 1. The van der Waals surface area contributed by atoms with E-state index in [4.69, 9.17) is 0 Å². The molecular weight excluding hydrogens is 250 g/mol. The molecule has 0 saturated carbocycles. The highest BCUT2D eigenvalue weighted by Gasteiger charge is 2.26. The highest BCUT2D eigenvalue weighted by atomic mass is 16.6. The topological polar surface area (TPSA) is 87.1 Å². The first-order valence-electron chi connectivity index (χ1n) is 5.61. The second-order valence-corrected chi connectivity index (χ2v) is 4.33. The number of para-hydroxylation sites is 1. The van der Waals surface area contributed by atoms with Crippen molar-refractivity contribution in [2.24, 2.45) is 0 Å². The van der Waals surface area contributed by atoms with Gasteiger partial charge in [0.15, 0.2) is 0 Å². The van der Waals surface area contributed by atoms with Crippen LogP contribution in [0, 0.1) is 10.1 Å². The number of rotatable bonds is 1. The minimum absolute atomic E-state index is 0.0663. The molecule has 7 heteroatoms. The fraction of sp³-hybridized carbons (Fsp3) is 0.167. The predicted octanol–water partition coefficient (Wildman–Crippen LogP) is 1.09. The Bertz CT molecular complexity index is 825. The third-order valence-corrected chi connectivity index (χ3v) is 3.17. The molecule has 2 heterocycles. The molecule has 7 nitrogen and oxygen atoms in total. The SMILES string of the molecule is CC(=O)n1c(=O)n2c3c(cccc31)C=C([N+](=O)[O-])C2. The second kappa shape index (κ2) is 3.64. The van der Waals surface area contributed by atoms with Gasteiger partial charge in [-0.05, 0) is 6.07 Å². The van der Waals surface area contributed by atoms with E-state index in [0.29, 0.717) is 16.6 Å². The maximum Gasteiger partial charge on any atom is 0.336 e. The Kier molecular flexibility index (Phi) is 2.19. The van der Waals surface area contributed by atoms with Gasteiger partial charge in [0.25, 0.3) is 5.70 Å². The van der Waals surface area contributed by atoms with Gasteiger partial charge < -0.3 is 0 Å². The molecule has 1 aliphatic rings. The molecule has 0 saturated heterocycles. The summed E-state index contributed by atoms with van der Waals surface area (Å²) in [5.74, 6) is -0.407. The van der Waals surface area contributed by atoms with Gasteiger partial charge in [0.2, 0.25) is 5.91 Å². The van der Waals surface area contributed by atoms with Crippen LogP contribution in [0.4, 0.5) is 0 Å². The molecule has 0 N–H and O–H groups in total. The lowest BCUT2D eigenvalue weighted by Gasteiger charge is -2.09. The van der Waals surface area contributed by atoms with Crippen LogP contribution in [0.5, 0.6) is 0 Å². The molecule has 1 aromatic heterocycles. The predicted molar refractivity (Wildman–Crippen MR) is 67.5 cm³/mol. The molecule has 0 spiro atoms. The van der Waals surface area contributed by atoms with Crippen molar-refractivity contribution in [1.29, 1.82) is 0 Å². The molecule has 0 bridgehead atoms. The highest BCUT2D eigenvalue weighted by Crippen LogP contribution is 2.25. The van der Waals surface area contributed by atoms with Crippen molar-refractivity contribution in [3.63, 3.8) is 0 Å². The summed E-state index contributed by atoms with van der Waals surface area (Å²) in [6, 6.07) is 5.01. The van der Waals surface area contributed by atoms with Crippen molar-refractivity contribution in [1.82, 2.24) is 9.13 Å². The lowest BCUT2D eigenvalue weighted by atomic mass is 10.1. The van der Waals surface area contributed by atoms with Gasteiger partial charge in [-0.3, -0.25) is 19.5 Å². The lowest BCUT2D eigenvalue weighted by Crippen LogP contribution is -2.29. The van der Waals surface area contributed by atoms with Gasteiger partial charge in [0.1, 0.15) is 6.54 Å². The highest BCUT2D eigenvalue weighted by molar-refractivity contribution is 5.94. The standard InChI is InChI=1S/C12H9N3O4/c1-7(16)14-10-4-2-3-8-5-9(15(18)19)6-13(11(8)10)12(14)17/h2-5H,6H2,1H3. The Morgan fingerprint density at radius 3 is 2.79 bits per heavy atom. The zero-order valence-corrected chi connectivity index (χ0v) is 9.99. The fourth-order valence-electron chi connectivity index (χ4n) is 2.41. The molecule has 3 rings (SSSR count). The average Bonchev–Trinajstić information content (AvgIpc) is 2.64. The van der Waals surface area contributed by atoms with Crippen LogP contribution in [0.25, 0.3) is 17.1 Å². The molecule has 2 aromatic rings. The Morgan fingerprint density at radius 1 is 1.42 bits per heavy atom. The lowest BCUT2D eigenvalue weighted by molar-refractivity contribution is -0.427. The molecule has 1 aliphatic heterocycles. The monoisotopic (exact) mass is 259 g/mol. The van der Waals surface area contributed by atoms with Crippen LogP contribution in [-0.4, -0.2) is 20.0 Å². The van der Waals surface area contributed by atoms with Gasteiger partial charge >= 0.3 is 5.69 Å². The summed E-state index contributed by atoms with van der Waals surface area (Å²) < 4.78 is 2.31. The molecule has 0 aliphatic carbocycles. The van der Waals surface area contributed by atoms with Gasteiger partial charge in [-0.2, -0.15) is 0 Å². The Balaban J connectivity index is 2.44. The van der Waals surface area contributed by atoms with Crippen molar-refractivity contribution in [3.8, 4) is 0 Å². The second-order valence-electron chi connectivity index (χ2n) is 4.33. The zero-order valence-electron chi connectivity index (χ0n) is 9.99. The Hall–Kier alpha value is -2.70. The molecule has 96 valence electrons. The quantitative estimate of drug-likeness (QED) is 0.566. The number of hydrogen-bond acceptors (Lipinski definition) is 4. The smallest absolute Gasteiger partial charge is 0.280 e. The normalized spacial score (nSPS) is 13.4. The first-order valence-corrected chi connectivity index (χ1v) is 5.61. The molecular formula is C12H9N3O4. The number of carbonyl (C=O) groups excluding carboxylic acids is 1. The third-order valence-electron chi connectivity index (χ3n) is 3.17. The largest absolute Gasteiger partial charge is 0.336 e. The van der Waals surface area contributed by atoms with E-state index in [-0.39, 0.29) is 12.2 Å². The van der Waals surface area contributed by atoms with Crippen LogP contribution in [0.2, 0.25) is 0 Å². The van der Waals surface area contributed by atoms with E-state index >= 15 is 0 Å². The summed E-state index contributed by atoms with van der Waals surface area (Å²) in [4.78, 5) is 34.1. The number of hydrogen-bond donors (Lipinski definition) is 0. The van der Waals surface area contributed by atoms with Crippen LogP contribution in [-0.2, 0) is 6.54 Å². The van der Waals surface area contributed by atoms with Gasteiger partial charge in [-0.25, -0.2) is 9.36 Å². The van der Waals surface area contributed by atoms with Crippen molar-refractivity contribution < 1.29 is 9.72 Å². The van der Waals surface area contributed by atoms with E-state index in [2.05, 4.69) is 0 Å². The molecule has 1 aromatic carbocycles. The van der Waals surface area contributed by atoms with Crippen LogP contribution < -0.4 is 5.69 Å². The van der Waals surface area contributed by atoms with Crippen molar-refractivity contribution in [3.05, 3.63) is 50.1 Å². The molecule has 0 fully saturated rings. The van der Waals surface area contributed by atoms with Crippen molar-refractivity contribution in [2.45, 2.75) is 13.5 Å².